The number of carbonyl (C=O) groups is 1. The van der Waals surface area contributed by atoms with Crippen molar-refractivity contribution in [3.05, 3.63) is 48.3 Å². The summed E-state index contributed by atoms with van der Waals surface area (Å²) < 4.78 is 24.3. The van der Waals surface area contributed by atoms with Gasteiger partial charge >= 0.3 is 0 Å². The quantitative estimate of drug-likeness (QED) is 0.0345. The van der Waals surface area contributed by atoms with Crippen LogP contribution in [0.4, 0.5) is 0 Å². The van der Waals surface area contributed by atoms with Crippen LogP contribution in [0.3, 0.4) is 0 Å². The highest BCUT2D eigenvalue weighted by Crippen LogP contribution is 2.27. The van der Waals surface area contributed by atoms with Crippen LogP contribution in [0, 0.1) is 0 Å². The molecular formula is C73H154O5Si4. The van der Waals surface area contributed by atoms with Gasteiger partial charge in [-0.2, -0.15) is 0 Å². The molecule has 0 rings (SSSR count). The third-order valence-corrected chi connectivity index (χ3v) is 26.8. The van der Waals surface area contributed by atoms with E-state index in [1.165, 1.54) is 260 Å². The average molecular weight is 1220 g/mol. The van der Waals surface area contributed by atoms with Crippen LogP contribution in [0.2, 0.25) is 75.5 Å². The topological polar surface area (TPSA) is 54.0 Å². The van der Waals surface area contributed by atoms with Gasteiger partial charge in [-0.05, 0) is 153 Å². The number of hydrogen-bond acceptors (Lipinski definition) is 5. The van der Waals surface area contributed by atoms with E-state index in [4.69, 9.17) is 17.7 Å². The summed E-state index contributed by atoms with van der Waals surface area (Å²) in [6.07, 6.45) is 54.4. The van der Waals surface area contributed by atoms with E-state index in [9.17, 15) is 4.79 Å². The molecule has 5 nitrogen and oxygen atoms in total. The Bertz CT molecular complexity index is 1400. The van der Waals surface area contributed by atoms with Gasteiger partial charge in [0.15, 0.2) is 0 Å². The van der Waals surface area contributed by atoms with E-state index in [1.54, 1.807) is 6.92 Å². The number of allylic oxidation sites excluding steroid dienone is 6. The fraction of sp³-hybridized carbons (Fsp3) is 0.877. The molecular weight excluding hydrogens is 1070 g/mol. The number of unbranched alkanes of at least 4 members (excludes halogenated alkanes) is 30. The van der Waals surface area contributed by atoms with Crippen LogP contribution in [-0.4, -0.2) is 39.1 Å². The second-order valence-electron chi connectivity index (χ2n) is 26.3. The van der Waals surface area contributed by atoms with Crippen LogP contribution in [-0.2, 0) is 22.5 Å². The lowest BCUT2D eigenvalue weighted by molar-refractivity contribution is -0.117. The van der Waals surface area contributed by atoms with E-state index < -0.39 is 33.3 Å². The molecule has 492 valence electrons. The van der Waals surface area contributed by atoms with Crippen molar-refractivity contribution in [2.45, 2.75) is 416 Å². The molecule has 0 aromatic rings. The highest BCUT2D eigenvalue weighted by molar-refractivity contribution is 6.74. The lowest BCUT2D eigenvalue weighted by atomic mass is 10.1. The molecule has 0 aliphatic carbocycles. The molecule has 82 heavy (non-hydrogen) atoms. The van der Waals surface area contributed by atoms with E-state index in [1.807, 2.05) is 0 Å². The zero-order valence-electron chi connectivity index (χ0n) is 60.2. The first-order chi connectivity index (χ1) is 39.0. The van der Waals surface area contributed by atoms with Gasteiger partial charge in [0.1, 0.15) is 5.78 Å². The Morgan fingerprint density at radius 2 is 0.537 bits per heavy atom. The Hall–Kier alpha value is -1.30. The maximum absolute atomic E-state index is 10.6. The van der Waals surface area contributed by atoms with Crippen molar-refractivity contribution in [2.75, 3.05) is 0 Å². The van der Waals surface area contributed by atoms with E-state index in [0.717, 1.165) is 43.0 Å². The highest BCUT2D eigenvalue weighted by atomic mass is 28.4. The summed E-state index contributed by atoms with van der Waals surface area (Å²) in [6, 6.07) is 7.37. The molecule has 0 N–H and O–H groups in total. The minimum absolute atomic E-state index is 0.337. The van der Waals surface area contributed by atoms with E-state index in [0.29, 0.717) is 5.78 Å². The number of Topliss-reactive ketones (excluding diaryl/α,β-unsaturated/α-hetero) is 1. The minimum Gasteiger partial charge on any atom is -0.548 e. The standard InChI is InChI=1S/2C17H36OSi.2C14H30OSi.C11H22O/c2*1-6-10-11-12-13-14-15-16-17(5)18-19(7-2,8-3)9-4;2*1-6-7-8-9-10-11-12-13-14(2)15-16(3,4)5;1-3-4-5-6-7-8-9-10-11(2)12/h16H,6-15H2,1-5H3;5-16H2,1-4H3;13H,6-12H2,1-5H3;2,6-13H2,1,3-5H3;3-10H2,1-2H3. The molecule has 0 fully saturated rings. The van der Waals surface area contributed by atoms with E-state index in [-0.39, 0.29) is 0 Å². The van der Waals surface area contributed by atoms with Crippen molar-refractivity contribution < 1.29 is 22.5 Å². The van der Waals surface area contributed by atoms with Gasteiger partial charge in [0.05, 0.1) is 23.0 Å². The van der Waals surface area contributed by atoms with Gasteiger partial charge in [-0.25, -0.2) is 0 Å². The van der Waals surface area contributed by atoms with Crippen LogP contribution >= 0.6 is 0 Å². The summed E-state index contributed by atoms with van der Waals surface area (Å²) >= 11 is 0. The Morgan fingerprint density at radius 1 is 0.305 bits per heavy atom. The Kier molecular flexibility index (Phi) is 70.0. The van der Waals surface area contributed by atoms with Crippen molar-refractivity contribution >= 4 is 39.1 Å². The molecule has 0 heterocycles. The van der Waals surface area contributed by atoms with Crippen molar-refractivity contribution in [3.63, 3.8) is 0 Å². The summed E-state index contributed by atoms with van der Waals surface area (Å²) in [7, 11) is -5.68. The first-order valence-corrected chi connectivity index (χ1v) is 47.8. The second-order valence-corrected chi connectivity index (χ2v) is 44.5. The molecule has 0 aromatic heterocycles. The van der Waals surface area contributed by atoms with Crippen LogP contribution < -0.4 is 0 Å². The van der Waals surface area contributed by atoms with Crippen molar-refractivity contribution in [2.24, 2.45) is 0 Å². The van der Waals surface area contributed by atoms with Gasteiger partial charge in [0.2, 0.25) is 33.3 Å². The van der Waals surface area contributed by atoms with Gasteiger partial charge in [-0.1, -0.05) is 269 Å². The normalized spacial score (nSPS) is 11.9. The Morgan fingerprint density at radius 3 is 0.805 bits per heavy atom. The van der Waals surface area contributed by atoms with Gasteiger partial charge < -0.3 is 22.5 Å². The van der Waals surface area contributed by atoms with E-state index >= 15 is 0 Å². The van der Waals surface area contributed by atoms with Crippen molar-refractivity contribution in [1.82, 2.24) is 0 Å². The SMILES string of the molecule is C=C(CCCCCCCCC)O[Si](C)(C)C.C=C(CCCCCCCCC)O[Si](CC)(CC)CC.CCCCCCCCC=C(C)O[Si](C)(C)C.CCCCCCCCC=C(C)O[Si](CC)(CC)CC.CCCCCCCCCC(C)=O. The third-order valence-electron chi connectivity index (χ3n) is 15.8. The average Bonchev–Trinajstić information content (AvgIpc) is 3.47. The summed E-state index contributed by atoms with van der Waals surface area (Å²) in [6.45, 7) is 52.4. The molecule has 0 amide bonds. The predicted molar refractivity (Wildman–Crippen MR) is 386 cm³/mol. The minimum atomic E-state index is -1.47. The highest BCUT2D eigenvalue weighted by Gasteiger charge is 2.31. The fourth-order valence-corrected chi connectivity index (χ4v) is 17.4. The predicted octanol–water partition coefficient (Wildman–Crippen LogP) is 28.0. The zero-order valence-corrected chi connectivity index (χ0v) is 64.2. The lowest BCUT2D eigenvalue weighted by Crippen LogP contribution is -2.35. The summed E-state index contributed by atoms with van der Waals surface area (Å²) in [5.41, 5.74) is 0. The van der Waals surface area contributed by atoms with E-state index in [2.05, 4.69) is 155 Å². The fourth-order valence-electron chi connectivity index (χ4n) is 10.0. The number of hydrogen-bond donors (Lipinski definition) is 0. The van der Waals surface area contributed by atoms with Crippen molar-refractivity contribution in [3.8, 4) is 0 Å². The zero-order chi connectivity index (χ0) is 63.2. The molecule has 0 unspecified atom stereocenters. The first-order valence-electron chi connectivity index (χ1n) is 35.9. The second kappa shape index (κ2) is 64.2. The largest absolute Gasteiger partial charge is 0.548 e. The Labute approximate surface area is 523 Å². The maximum atomic E-state index is 10.6. The molecule has 0 saturated carbocycles. The molecule has 0 radical (unpaired) electrons. The maximum Gasteiger partial charge on any atom is 0.250 e. The molecule has 0 aliphatic rings. The smallest absolute Gasteiger partial charge is 0.250 e. The van der Waals surface area contributed by atoms with Crippen LogP contribution in [0.1, 0.15) is 341 Å². The molecule has 0 spiro atoms. The molecule has 0 bridgehead atoms. The summed E-state index contributed by atoms with van der Waals surface area (Å²) in [5.74, 6) is 4.72. The third kappa shape index (κ3) is 71.2. The monoisotopic (exact) mass is 1220 g/mol. The molecule has 0 saturated heterocycles. The number of rotatable bonds is 52. The van der Waals surface area contributed by atoms with Crippen LogP contribution in [0.15, 0.2) is 48.3 Å². The van der Waals surface area contributed by atoms with Gasteiger partial charge in [0.25, 0.3) is 0 Å². The van der Waals surface area contributed by atoms with Crippen LogP contribution in [0.5, 0.6) is 0 Å². The van der Waals surface area contributed by atoms with Gasteiger partial charge in [-0.15, -0.1) is 0 Å². The van der Waals surface area contributed by atoms with Gasteiger partial charge in [-0.3, -0.25) is 0 Å². The lowest BCUT2D eigenvalue weighted by Gasteiger charge is -2.30. The Balaban J connectivity index is -0.000000304. The molecule has 0 aromatic carbocycles. The number of ketones is 1. The summed E-state index contributed by atoms with van der Waals surface area (Å²) in [5, 5.41) is 0. The molecule has 0 aliphatic heterocycles. The number of carbonyl (C=O) groups excluding carboxylic acids is 1. The first kappa shape index (κ1) is 89.5. The van der Waals surface area contributed by atoms with Crippen LogP contribution in [0.25, 0.3) is 0 Å². The van der Waals surface area contributed by atoms with Crippen molar-refractivity contribution in [1.29, 1.82) is 0 Å². The molecule has 9 heteroatoms. The molecule has 0 atom stereocenters. The summed E-state index contributed by atoms with van der Waals surface area (Å²) in [4.78, 5) is 10.6. The van der Waals surface area contributed by atoms with Gasteiger partial charge in [0, 0.05) is 19.3 Å².